The van der Waals surface area contributed by atoms with Crippen LogP contribution >= 0.6 is 12.4 Å². The Morgan fingerprint density at radius 3 is 1.72 bits per heavy atom. The summed E-state index contributed by atoms with van der Waals surface area (Å²) in [6.07, 6.45) is 0. The van der Waals surface area contributed by atoms with E-state index in [1.807, 2.05) is 6.92 Å². The van der Waals surface area contributed by atoms with Crippen LogP contribution in [0, 0.1) is 0 Å². The van der Waals surface area contributed by atoms with Gasteiger partial charge in [-0.15, -0.1) is 12.4 Å². The molecule has 1 atom stereocenters. The first-order valence-electron chi connectivity index (χ1n) is 5.93. The maximum absolute atomic E-state index is 6.15. The van der Waals surface area contributed by atoms with Gasteiger partial charge >= 0.3 is 0 Å². The Labute approximate surface area is 113 Å². The van der Waals surface area contributed by atoms with Crippen molar-refractivity contribution in [3.63, 3.8) is 0 Å². The van der Waals surface area contributed by atoms with Crippen molar-refractivity contribution < 1.29 is 0 Å². The van der Waals surface area contributed by atoms with E-state index < -0.39 is 0 Å². The molecule has 0 unspecified atom stereocenters. The molecule has 0 spiro atoms. The zero-order valence-electron chi connectivity index (χ0n) is 10.3. The van der Waals surface area contributed by atoms with Gasteiger partial charge in [0.2, 0.25) is 0 Å². The van der Waals surface area contributed by atoms with Gasteiger partial charge in [0.1, 0.15) is 0 Å². The van der Waals surface area contributed by atoms with Crippen LogP contribution in [0.4, 0.5) is 0 Å². The Bertz CT molecular complexity index is 635. The fourth-order valence-electron chi connectivity index (χ4n) is 2.54. The maximum atomic E-state index is 6.15. The molecule has 0 aromatic heterocycles. The third kappa shape index (κ3) is 1.96. The zero-order chi connectivity index (χ0) is 11.8. The normalized spacial score (nSPS) is 12.3. The van der Waals surface area contributed by atoms with Crippen LogP contribution in [0.2, 0.25) is 0 Å². The minimum Gasteiger partial charge on any atom is -0.324 e. The van der Waals surface area contributed by atoms with Crippen LogP contribution in [0.5, 0.6) is 0 Å². The molecule has 2 N–H and O–H groups in total. The van der Waals surface area contributed by atoms with Gasteiger partial charge in [0.05, 0.1) is 0 Å². The first kappa shape index (κ1) is 12.9. The van der Waals surface area contributed by atoms with Crippen LogP contribution in [-0.4, -0.2) is 0 Å². The molecule has 3 aromatic carbocycles. The number of fused-ring (bicyclic) bond motifs is 2. The molecule has 0 aliphatic rings. The molecule has 92 valence electrons. The van der Waals surface area contributed by atoms with Crippen molar-refractivity contribution in [2.24, 2.45) is 5.73 Å². The number of halogens is 1. The second kappa shape index (κ2) is 4.97. The van der Waals surface area contributed by atoms with E-state index in [1.54, 1.807) is 0 Å². The summed E-state index contributed by atoms with van der Waals surface area (Å²) in [7, 11) is 0. The molecule has 1 nitrogen and oxygen atoms in total. The minimum absolute atomic E-state index is 0. The summed E-state index contributed by atoms with van der Waals surface area (Å²) in [5, 5.41) is 5.06. The largest absolute Gasteiger partial charge is 0.324 e. The van der Waals surface area contributed by atoms with Crippen LogP contribution in [0.15, 0.2) is 54.6 Å². The zero-order valence-corrected chi connectivity index (χ0v) is 11.1. The summed E-state index contributed by atoms with van der Waals surface area (Å²) < 4.78 is 0. The fourth-order valence-corrected chi connectivity index (χ4v) is 2.54. The first-order chi connectivity index (χ1) is 8.27. The van der Waals surface area contributed by atoms with E-state index in [9.17, 15) is 0 Å². The molecule has 0 amide bonds. The molecule has 0 aliphatic heterocycles. The summed E-state index contributed by atoms with van der Waals surface area (Å²) >= 11 is 0. The van der Waals surface area contributed by atoms with Gasteiger partial charge in [-0.1, -0.05) is 48.5 Å². The van der Waals surface area contributed by atoms with Crippen molar-refractivity contribution in [2.45, 2.75) is 13.0 Å². The average molecular weight is 258 g/mol. The molecule has 0 saturated carbocycles. The molecule has 0 fully saturated rings. The van der Waals surface area contributed by atoms with E-state index in [1.165, 1.54) is 27.1 Å². The van der Waals surface area contributed by atoms with Gasteiger partial charge in [0.25, 0.3) is 0 Å². The number of hydrogen-bond donors (Lipinski definition) is 1. The molecule has 3 aromatic rings. The molecule has 3 rings (SSSR count). The Hall–Kier alpha value is -1.57. The lowest BCUT2D eigenvalue weighted by Gasteiger charge is -2.14. The molecule has 0 saturated heterocycles. The highest BCUT2D eigenvalue weighted by Crippen LogP contribution is 2.31. The van der Waals surface area contributed by atoms with Gasteiger partial charge in [0, 0.05) is 6.04 Å². The highest BCUT2D eigenvalue weighted by atomic mass is 35.5. The summed E-state index contributed by atoms with van der Waals surface area (Å²) in [6, 6.07) is 19.2. The van der Waals surface area contributed by atoms with Crippen molar-refractivity contribution in [3.05, 3.63) is 60.2 Å². The van der Waals surface area contributed by atoms with E-state index in [0.717, 1.165) is 0 Å². The average Bonchev–Trinajstić information content (AvgIpc) is 2.35. The fraction of sp³-hybridized carbons (Fsp3) is 0.125. The Morgan fingerprint density at radius 2 is 1.28 bits per heavy atom. The molecule has 0 aliphatic carbocycles. The number of nitrogens with two attached hydrogens (primary N) is 1. The first-order valence-corrected chi connectivity index (χ1v) is 5.93. The lowest BCUT2D eigenvalue weighted by molar-refractivity contribution is 0.834. The number of hydrogen-bond acceptors (Lipinski definition) is 1. The van der Waals surface area contributed by atoms with E-state index >= 15 is 0 Å². The third-order valence-electron chi connectivity index (χ3n) is 3.27. The Balaban J connectivity index is 0.00000120. The van der Waals surface area contributed by atoms with E-state index in [0.29, 0.717) is 0 Å². The standard InChI is InChI=1S/C16H15N.ClH/c1-11(17)16-14-8-4-2-6-12(14)10-13-7-3-5-9-15(13)16;/h2-11H,17H2,1H3;1H/t11-;/m0./s1. The molecule has 18 heavy (non-hydrogen) atoms. The monoisotopic (exact) mass is 257 g/mol. The summed E-state index contributed by atoms with van der Waals surface area (Å²) in [5.74, 6) is 0. The van der Waals surface area contributed by atoms with Crippen molar-refractivity contribution >= 4 is 34.0 Å². The van der Waals surface area contributed by atoms with Crippen LogP contribution in [-0.2, 0) is 0 Å². The second-order valence-electron chi connectivity index (χ2n) is 4.52. The topological polar surface area (TPSA) is 26.0 Å². The Kier molecular flexibility index (Phi) is 3.55. The minimum atomic E-state index is 0. The van der Waals surface area contributed by atoms with Crippen molar-refractivity contribution in [1.29, 1.82) is 0 Å². The van der Waals surface area contributed by atoms with Crippen LogP contribution in [0.25, 0.3) is 21.5 Å². The maximum Gasteiger partial charge on any atom is 0.0278 e. The number of benzene rings is 3. The number of rotatable bonds is 1. The SMILES string of the molecule is C[C@H](N)c1c2ccccc2cc2ccccc12.Cl. The van der Waals surface area contributed by atoms with Gasteiger partial charge in [-0.2, -0.15) is 0 Å². The Morgan fingerprint density at radius 1 is 0.833 bits per heavy atom. The van der Waals surface area contributed by atoms with Crippen LogP contribution in [0.1, 0.15) is 18.5 Å². The smallest absolute Gasteiger partial charge is 0.0278 e. The third-order valence-corrected chi connectivity index (χ3v) is 3.27. The van der Waals surface area contributed by atoms with Crippen LogP contribution in [0.3, 0.4) is 0 Å². The molecule has 0 radical (unpaired) electrons. The van der Waals surface area contributed by atoms with Gasteiger partial charge in [0.15, 0.2) is 0 Å². The molecule has 0 heterocycles. The van der Waals surface area contributed by atoms with E-state index in [4.69, 9.17) is 5.73 Å². The van der Waals surface area contributed by atoms with Gasteiger partial charge in [-0.3, -0.25) is 0 Å². The van der Waals surface area contributed by atoms with Gasteiger partial charge < -0.3 is 5.73 Å². The highest BCUT2D eigenvalue weighted by Gasteiger charge is 2.09. The summed E-state index contributed by atoms with van der Waals surface area (Å²) in [6.45, 7) is 2.05. The van der Waals surface area contributed by atoms with E-state index in [-0.39, 0.29) is 18.4 Å². The highest BCUT2D eigenvalue weighted by molar-refractivity contribution is 6.02. The molecule has 0 bridgehead atoms. The predicted octanol–water partition coefficient (Wildman–Crippen LogP) is 4.43. The predicted molar refractivity (Wildman–Crippen MR) is 81.3 cm³/mol. The van der Waals surface area contributed by atoms with Crippen molar-refractivity contribution in [1.82, 2.24) is 0 Å². The van der Waals surface area contributed by atoms with Gasteiger partial charge in [-0.05, 0) is 40.1 Å². The molecular weight excluding hydrogens is 242 g/mol. The van der Waals surface area contributed by atoms with Crippen molar-refractivity contribution in [3.8, 4) is 0 Å². The summed E-state index contributed by atoms with van der Waals surface area (Å²) in [4.78, 5) is 0. The van der Waals surface area contributed by atoms with Gasteiger partial charge in [-0.25, -0.2) is 0 Å². The lowest BCUT2D eigenvalue weighted by atomic mass is 9.93. The lowest BCUT2D eigenvalue weighted by Crippen LogP contribution is -2.06. The van der Waals surface area contributed by atoms with Crippen LogP contribution < -0.4 is 5.73 Å². The quantitative estimate of drug-likeness (QED) is 0.641. The molecule has 2 heteroatoms. The summed E-state index contributed by atoms with van der Waals surface area (Å²) in [5.41, 5.74) is 7.39. The molecular formula is C16H16ClN. The van der Waals surface area contributed by atoms with E-state index in [2.05, 4.69) is 54.6 Å². The second-order valence-corrected chi connectivity index (χ2v) is 4.52. The van der Waals surface area contributed by atoms with Crippen molar-refractivity contribution in [2.75, 3.05) is 0 Å².